The maximum Gasteiger partial charge on any atom is 0.256 e. The van der Waals surface area contributed by atoms with E-state index in [4.69, 9.17) is 9.47 Å². The molecule has 6 aromatic carbocycles. The maximum atomic E-state index is 6.94. The molecule has 4 heterocycles. The highest BCUT2D eigenvalue weighted by Crippen LogP contribution is 2.46. The molecule has 0 spiro atoms. The van der Waals surface area contributed by atoms with Gasteiger partial charge in [0.15, 0.2) is 0 Å². The van der Waals surface area contributed by atoms with Crippen LogP contribution in [0.1, 0.15) is 0 Å². The molecule has 0 saturated carbocycles. The zero-order chi connectivity index (χ0) is 33.2. The number of aromatic nitrogens is 1. The minimum Gasteiger partial charge on any atom is -0.459 e. The molecule has 8 aromatic rings. The van der Waals surface area contributed by atoms with Crippen molar-refractivity contribution in [2.45, 2.75) is 0 Å². The molecule has 2 aromatic heterocycles. The van der Waals surface area contributed by atoms with Crippen molar-refractivity contribution in [3.05, 3.63) is 169 Å². The largest absolute Gasteiger partial charge is 0.459 e. The van der Waals surface area contributed by atoms with Crippen LogP contribution in [0.3, 0.4) is 0 Å². The second-order valence-corrected chi connectivity index (χ2v) is 15.1. The van der Waals surface area contributed by atoms with Gasteiger partial charge in [0.05, 0.1) is 11.0 Å². The van der Waals surface area contributed by atoms with E-state index in [9.17, 15) is 0 Å². The Bertz CT molecular complexity index is 2890. The fourth-order valence-corrected chi connectivity index (χ4v) is 10.1. The highest BCUT2D eigenvalue weighted by molar-refractivity contribution is 7.25. The van der Waals surface area contributed by atoms with E-state index in [0.29, 0.717) is 5.92 Å². The van der Waals surface area contributed by atoms with Gasteiger partial charge in [-0.25, -0.2) is 0 Å². The number of allylic oxidation sites excluding steroid dienone is 7. The number of hydrogen-bond donors (Lipinski definition) is 0. The highest BCUT2D eigenvalue weighted by Gasteiger charge is 2.46. The Balaban J connectivity index is 1.03. The molecule has 51 heavy (non-hydrogen) atoms. The molecule has 2 atom stereocenters. The quantitative estimate of drug-likeness (QED) is 0.171. The molecule has 4 aliphatic rings. The van der Waals surface area contributed by atoms with Crippen LogP contribution in [0.4, 0.5) is 0 Å². The van der Waals surface area contributed by atoms with Crippen LogP contribution in [0.5, 0.6) is 17.2 Å². The molecule has 0 saturated heterocycles. The minimum atomic E-state index is 0.0332. The van der Waals surface area contributed by atoms with Gasteiger partial charge in [0, 0.05) is 53.9 Å². The summed E-state index contributed by atoms with van der Waals surface area (Å²) in [5, 5.41) is 5.12. The topological polar surface area (TPSA) is 23.4 Å². The lowest BCUT2D eigenvalue weighted by atomic mass is 9.31. The van der Waals surface area contributed by atoms with Crippen molar-refractivity contribution in [3.63, 3.8) is 0 Å². The number of nitrogens with zero attached hydrogens (tertiary/aromatic N) is 1. The molecular formula is C46H28BNO2S. The van der Waals surface area contributed by atoms with E-state index in [-0.39, 0.29) is 12.6 Å². The molecule has 5 heteroatoms. The van der Waals surface area contributed by atoms with Gasteiger partial charge >= 0.3 is 0 Å². The minimum absolute atomic E-state index is 0.0332. The summed E-state index contributed by atoms with van der Waals surface area (Å²) in [6.45, 7) is 0.0332. The summed E-state index contributed by atoms with van der Waals surface area (Å²) in [6, 6.07) is 44.0. The summed E-state index contributed by atoms with van der Waals surface area (Å²) in [7, 11) is 0. The van der Waals surface area contributed by atoms with E-state index in [1.54, 1.807) is 0 Å². The molecule has 0 bridgehead atoms. The van der Waals surface area contributed by atoms with Gasteiger partial charge in [-0.3, -0.25) is 0 Å². The van der Waals surface area contributed by atoms with Crippen LogP contribution in [-0.2, 0) is 0 Å². The Morgan fingerprint density at radius 3 is 2.08 bits per heavy atom. The van der Waals surface area contributed by atoms with Crippen LogP contribution in [0.15, 0.2) is 169 Å². The SMILES string of the molecule is C1=CC2C=CC3=C(B4c5cc6c(cc5Oc5cc(-c7ccc(-n8c9ccccc9c9ccccc98)cc7)cc(c54)O3)sc3ccccc36)C2C=C1. The van der Waals surface area contributed by atoms with Crippen molar-refractivity contribution in [1.29, 1.82) is 0 Å². The van der Waals surface area contributed by atoms with Gasteiger partial charge < -0.3 is 14.0 Å². The molecule has 0 amide bonds. The van der Waals surface area contributed by atoms with E-state index in [0.717, 1.165) is 45.3 Å². The normalized spacial score (nSPS) is 18.2. The van der Waals surface area contributed by atoms with Crippen molar-refractivity contribution in [3.8, 4) is 34.1 Å². The van der Waals surface area contributed by atoms with Crippen LogP contribution >= 0.6 is 11.3 Å². The fourth-order valence-electron chi connectivity index (χ4n) is 9.03. The summed E-state index contributed by atoms with van der Waals surface area (Å²) >= 11 is 1.83. The molecule has 2 aliphatic heterocycles. The third kappa shape index (κ3) is 3.90. The first-order chi connectivity index (χ1) is 25.3. The van der Waals surface area contributed by atoms with Gasteiger partial charge in [-0.15, -0.1) is 11.3 Å². The predicted molar refractivity (Wildman–Crippen MR) is 213 cm³/mol. The summed E-state index contributed by atoms with van der Waals surface area (Å²) in [5.74, 6) is 4.19. The van der Waals surface area contributed by atoms with E-state index < -0.39 is 0 Å². The lowest BCUT2D eigenvalue weighted by molar-refractivity contribution is 0.417. The molecule has 2 unspecified atom stereocenters. The molecule has 0 radical (unpaired) electrons. The Labute approximate surface area is 298 Å². The van der Waals surface area contributed by atoms with Gasteiger partial charge in [-0.2, -0.15) is 0 Å². The summed E-state index contributed by atoms with van der Waals surface area (Å²) in [6.07, 6.45) is 13.5. The smallest absolute Gasteiger partial charge is 0.256 e. The number of ether oxygens (including phenoxy) is 2. The van der Waals surface area contributed by atoms with E-state index in [2.05, 4.69) is 162 Å². The zero-order valence-corrected chi connectivity index (χ0v) is 28.2. The Morgan fingerprint density at radius 1 is 0.569 bits per heavy atom. The second-order valence-electron chi connectivity index (χ2n) is 14.0. The third-order valence-corrected chi connectivity index (χ3v) is 12.4. The van der Waals surface area contributed by atoms with Crippen molar-refractivity contribution < 1.29 is 9.47 Å². The number of fused-ring (bicyclic) bond motifs is 11. The van der Waals surface area contributed by atoms with Crippen molar-refractivity contribution in [1.82, 2.24) is 4.57 Å². The monoisotopic (exact) mass is 669 g/mol. The molecule has 238 valence electrons. The highest BCUT2D eigenvalue weighted by atomic mass is 32.1. The van der Waals surface area contributed by atoms with Gasteiger partial charge in [-0.1, -0.05) is 103 Å². The zero-order valence-electron chi connectivity index (χ0n) is 27.4. The van der Waals surface area contributed by atoms with Crippen LogP contribution in [0.2, 0.25) is 0 Å². The van der Waals surface area contributed by atoms with Gasteiger partial charge in [0.1, 0.15) is 23.0 Å². The lowest BCUT2D eigenvalue weighted by Gasteiger charge is -2.40. The van der Waals surface area contributed by atoms with Gasteiger partial charge in [0.2, 0.25) is 0 Å². The van der Waals surface area contributed by atoms with Gasteiger partial charge in [0.25, 0.3) is 6.71 Å². The van der Waals surface area contributed by atoms with Crippen LogP contribution in [0, 0.1) is 11.8 Å². The van der Waals surface area contributed by atoms with Crippen molar-refractivity contribution in [2.75, 3.05) is 0 Å². The first kappa shape index (κ1) is 27.7. The van der Waals surface area contributed by atoms with E-state index >= 15 is 0 Å². The predicted octanol–water partition coefficient (Wildman–Crippen LogP) is 10.6. The molecule has 2 aliphatic carbocycles. The lowest BCUT2D eigenvalue weighted by Crippen LogP contribution is -2.53. The Kier molecular flexibility index (Phi) is 5.58. The molecule has 12 rings (SSSR count). The number of thiophene rings is 1. The first-order valence-corrected chi connectivity index (χ1v) is 18.4. The van der Waals surface area contributed by atoms with E-state index in [1.807, 2.05) is 11.3 Å². The summed E-state index contributed by atoms with van der Waals surface area (Å²) < 4.78 is 18.7. The fraction of sp³-hybridized carbons (Fsp3) is 0.0435. The molecule has 0 fully saturated rings. The summed E-state index contributed by atoms with van der Waals surface area (Å²) in [4.78, 5) is 0. The first-order valence-electron chi connectivity index (χ1n) is 17.6. The number of para-hydroxylation sites is 2. The summed E-state index contributed by atoms with van der Waals surface area (Å²) in [5.41, 5.74) is 9.41. The Hall–Kier alpha value is -6.04. The average Bonchev–Trinajstić information content (AvgIpc) is 3.72. The van der Waals surface area contributed by atoms with Gasteiger partial charge in [-0.05, 0) is 76.7 Å². The molecule has 3 nitrogen and oxygen atoms in total. The maximum absolute atomic E-state index is 6.94. The standard InChI is InChI=1S/C46H28BNO2S/c1-2-10-31-28(9-1)19-22-39-45(31)47-36-25-35-34-13-5-8-16-43(34)51-44(35)26-40(36)50-42-24-29(23-41(49-39)46(42)47)27-17-20-30(21-18-27)48-37-14-6-3-11-32(37)33-12-4-7-15-38(33)48/h1-26,28,31H. The number of benzene rings is 6. The Morgan fingerprint density at radius 2 is 1.27 bits per heavy atom. The third-order valence-electron chi connectivity index (χ3n) is 11.3. The second kappa shape index (κ2) is 10.3. The van der Waals surface area contributed by atoms with Crippen molar-refractivity contribution in [2.24, 2.45) is 11.8 Å². The molecule has 0 N–H and O–H groups in total. The van der Waals surface area contributed by atoms with Crippen LogP contribution < -0.4 is 20.4 Å². The number of hydrogen-bond acceptors (Lipinski definition) is 3. The van der Waals surface area contributed by atoms with Crippen LogP contribution in [0.25, 0.3) is 58.8 Å². The molecular weight excluding hydrogens is 641 g/mol. The van der Waals surface area contributed by atoms with E-state index in [1.165, 1.54) is 52.9 Å². The average molecular weight is 670 g/mol. The van der Waals surface area contributed by atoms with Crippen molar-refractivity contribution >= 4 is 71.0 Å². The van der Waals surface area contributed by atoms with Crippen LogP contribution in [-0.4, -0.2) is 11.3 Å². The number of rotatable bonds is 2.